The van der Waals surface area contributed by atoms with E-state index in [-0.39, 0.29) is 5.91 Å². The lowest BCUT2D eigenvalue weighted by Gasteiger charge is -2.10. The van der Waals surface area contributed by atoms with Crippen LogP contribution in [0.5, 0.6) is 0 Å². The molecule has 5 heteroatoms. The molecule has 0 aliphatic carbocycles. The maximum Gasteiger partial charge on any atom is 0.255 e. The number of amides is 1. The van der Waals surface area contributed by atoms with E-state index in [4.69, 9.17) is 4.74 Å². The first kappa shape index (κ1) is 15.3. The number of benzene rings is 1. The van der Waals surface area contributed by atoms with Gasteiger partial charge < -0.3 is 10.1 Å². The zero-order chi connectivity index (χ0) is 15.4. The Morgan fingerprint density at radius 1 is 1.29 bits per heavy atom. The van der Waals surface area contributed by atoms with Gasteiger partial charge in [0.2, 0.25) is 0 Å². The lowest BCUT2D eigenvalue weighted by molar-refractivity contribution is 0.0949. The molecule has 0 atom stereocenters. The fourth-order valence-electron chi connectivity index (χ4n) is 2.39. The minimum atomic E-state index is -0.0923. The van der Waals surface area contributed by atoms with Crippen LogP contribution in [0.15, 0.2) is 24.3 Å². The molecule has 0 saturated carbocycles. The third-order valence-corrected chi connectivity index (χ3v) is 3.59. The molecule has 0 bridgehead atoms. The highest BCUT2D eigenvalue weighted by Crippen LogP contribution is 2.13. The van der Waals surface area contributed by atoms with E-state index in [1.165, 1.54) is 0 Å². The first-order valence-corrected chi connectivity index (χ1v) is 6.88. The molecule has 112 valence electrons. The van der Waals surface area contributed by atoms with E-state index in [2.05, 4.69) is 10.4 Å². The van der Waals surface area contributed by atoms with Gasteiger partial charge in [-0.15, -0.1) is 0 Å². The van der Waals surface area contributed by atoms with Crippen molar-refractivity contribution in [3.05, 3.63) is 52.3 Å². The van der Waals surface area contributed by atoms with Gasteiger partial charge in [-0.2, -0.15) is 5.10 Å². The summed E-state index contributed by atoms with van der Waals surface area (Å²) in [6.07, 6.45) is 0. The molecule has 0 fully saturated rings. The van der Waals surface area contributed by atoms with E-state index in [0.29, 0.717) is 18.7 Å². The molecule has 5 nitrogen and oxygen atoms in total. The summed E-state index contributed by atoms with van der Waals surface area (Å²) in [4.78, 5) is 12.3. The number of rotatable bonds is 5. The number of hydrogen-bond donors (Lipinski definition) is 1. The molecule has 0 unspecified atom stereocenters. The van der Waals surface area contributed by atoms with Crippen LogP contribution in [0.2, 0.25) is 0 Å². The average Bonchev–Trinajstić information content (AvgIpc) is 2.71. The summed E-state index contributed by atoms with van der Waals surface area (Å²) < 4.78 is 6.90. The first-order chi connectivity index (χ1) is 10.0. The monoisotopic (exact) mass is 287 g/mol. The van der Waals surface area contributed by atoms with Gasteiger partial charge in [-0.3, -0.25) is 9.48 Å². The van der Waals surface area contributed by atoms with Crippen molar-refractivity contribution in [3.8, 4) is 0 Å². The van der Waals surface area contributed by atoms with Crippen LogP contribution in [0.25, 0.3) is 0 Å². The summed E-state index contributed by atoms with van der Waals surface area (Å²) in [5, 5.41) is 7.23. The maximum atomic E-state index is 12.3. The molecule has 0 saturated heterocycles. The molecule has 21 heavy (non-hydrogen) atoms. The highest BCUT2D eigenvalue weighted by Gasteiger charge is 2.17. The van der Waals surface area contributed by atoms with Gasteiger partial charge in [0.25, 0.3) is 5.91 Å². The Labute approximate surface area is 124 Å². The van der Waals surface area contributed by atoms with E-state index in [1.807, 2.05) is 45.2 Å². The fraction of sp³-hybridized carbons (Fsp3) is 0.375. The number of aromatic nitrogens is 2. The van der Waals surface area contributed by atoms with Crippen molar-refractivity contribution in [1.82, 2.24) is 15.1 Å². The molecule has 2 aromatic rings. The molecular weight excluding hydrogens is 266 g/mol. The molecular formula is C16H21N3O2. The predicted octanol–water partition coefficient (Wildman–Crippen LogP) is 2.11. The Morgan fingerprint density at radius 3 is 2.52 bits per heavy atom. The minimum Gasteiger partial charge on any atom is -0.380 e. The summed E-state index contributed by atoms with van der Waals surface area (Å²) >= 11 is 0. The maximum absolute atomic E-state index is 12.3. The Hall–Kier alpha value is -2.14. The number of aryl methyl sites for hydroxylation is 2. The second-order valence-corrected chi connectivity index (χ2v) is 5.05. The molecule has 1 aromatic carbocycles. The second kappa shape index (κ2) is 6.54. The van der Waals surface area contributed by atoms with Gasteiger partial charge in [0, 0.05) is 26.4 Å². The van der Waals surface area contributed by atoms with Gasteiger partial charge in [0.1, 0.15) is 0 Å². The van der Waals surface area contributed by atoms with Crippen molar-refractivity contribution in [2.24, 2.45) is 7.05 Å². The summed E-state index contributed by atoms with van der Waals surface area (Å²) in [5.41, 5.74) is 4.42. The van der Waals surface area contributed by atoms with Gasteiger partial charge in [-0.1, -0.05) is 24.3 Å². The number of carbonyl (C=O) groups excluding carboxylic acids is 1. The average molecular weight is 287 g/mol. The van der Waals surface area contributed by atoms with E-state index in [1.54, 1.807) is 11.8 Å². The fourth-order valence-corrected chi connectivity index (χ4v) is 2.39. The van der Waals surface area contributed by atoms with Crippen molar-refractivity contribution >= 4 is 5.91 Å². The normalized spacial score (nSPS) is 10.7. The third-order valence-electron chi connectivity index (χ3n) is 3.59. The van der Waals surface area contributed by atoms with Gasteiger partial charge >= 0.3 is 0 Å². The highest BCUT2D eigenvalue weighted by atomic mass is 16.5. The number of hydrogen-bond acceptors (Lipinski definition) is 3. The summed E-state index contributed by atoms with van der Waals surface area (Å²) in [6.45, 7) is 4.76. The smallest absolute Gasteiger partial charge is 0.255 e. The zero-order valence-corrected chi connectivity index (χ0v) is 12.9. The summed E-state index contributed by atoms with van der Waals surface area (Å²) in [7, 11) is 3.50. The molecule has 0 aliphatic heterocycles. The van der Waals surface area contributed by atoms with E-state index < -0.39 is 0 Å². The Bertz CT molecular complexity index is 647. The van der Waals surface area contributed by atoms with Crippen LogP contribution in [-0.4, -0.2) is 22.8 Å². The SMILES string of the molecule is COCc1ccccc1CNC(=O)c1c(C)nn(C)c1C. The van der Waals surface area contributed by atoms with Crippen molar-refractivity contribution in [2.75, 3.05) is 7.11 Å². The number of carbonyl (C=O) groups is 1. The minimum absolute atomic E-state index is 0.0923. The Balaban J connectivity index is 2.11. The molecule has 0 aliphatic rings. The third kappa shape index (κ3) is 3.31. The largest absolute Gasteiger partial charge is 0.380 e. The van der Waals surface area contributed by atoms with Crippen LogP contribution in [-0.2, 0) is 24.9 Å². The Morgan fingerprint density at radius 2 is 1.95 bits per heavy atom. The van der Waals surface area contributed by atoms with Gasteiger partial charge in [-0.25, -0.2) is 0 Å². The molecule has 0 spiro atoms. The standard InChI is InChI=1S/C16H21N3O2/c1-11-15(12(2)19(3)18-11)16(20)17-9-13-7-5-6-8-14(13)10-21-4/h5-8H,9-10H2,1-4H3,(H,17,20). The van der Waals surface area contributed by atoms with E-state index >= 15 is 0 Å². The van der Waals surface area contributed by atoms with Gasteiger partial charge in [-0.05, 0) is 25.0 Å². The second-order valence-electron chi connectivity index (χ2n) is 5.05. The number of methoxy groups -OCH3 is 1. The Kier molecular flexibility index (Phi) is 4.75. The van der Waals surface area contributed by atoms with Crippen LogP contribution in [0.4, 0.5) is 0 Å². The quantitative estimate of drug-likeness (QED) is 0.916. The van der Waals surface area contributed by atoms with Gasteiger partial charge in [0.05, 0.1) is 17.9 Å². The van der Waals surface area contributed by atoms with Crippen LogP contribution >= 0.6 is 0 Å². The molecule has 1 heterocycles. The summed E-state index contributed by atoms with van der Waals surface area (Å²) in [6, 6.07) is 7.93. The van der Waals surface area contributed by atoms with Gasteiger partial charge in [0.15, 0.2) is 0 Å². The number of nitrogens with one attached hydrogen (secondary N) is 1. The van der Waals surface area contributed by atoms with Crippen LogP contribution in [0.1, 0.15) is 32.9 Å². The lowest BCUT2D eigenvalue weighted by Crippen LogP contribution is -2.24. The molecule has 1 amide bonds. The molecule has 0 radical (unpaired) electrons. The van der Waals surface area contributed by atoms with Crippen molar-refractivity contribution in [1.29, 1.82) is 0 Å². The molecule has 1 N–H and O–H groups in total. The van der Waals surface area contributed by atoms with E-state index in [9.17, 15) is 4.79 Å². The van der Waals surface area contributed by atoms with Crippen LogP contribution in [0, 0.1) is 13.8 Å². The molecule has 1 aromatic heterocycles. The predicted molar refractivity (Wildman–Crippen MR) is 81.0 cm³/mol. The van der Waals surface area contributed by atoms with Crippen LogP contribution < -0.4 is 5.32 Å². The van der Waals surface area contributed by atoms with E-state index in [0.717, 1.165) is 22.5 Å². The lowest BCUT2D eigenvalue weighted by atomic mass is 10.1. The van der Waals surface area contributed by atoms with Crippen molar-refractivity contribution in [3.63, 3.8) is 0 Å². The topological polar surface area (TPSA) is 56.1 Å². The molecule has 2 rings (SSSR count). The number of nitrogens with zero attached hydrogens (tertiary/aromatic N) is 2. The van der Waals surface area contributed by atoms with Crippen LogP contribution in [0.3, 0.4) is 0 Å². The number of ether oxygens (including phenoxy) is 1. The highest BCUT2D eigenvalue weighted by molar-refractivity contribution is 5.96. The van der Waals surface area contributed by atoms with Crippen molar-refractivity contribution < 1.29 is 9.53 Å². The summed E-state index contributed by atoms with van der Waals surface area (Å²) in [5.74, 6) is -0.0923. The first-order valence-electron chi connectivity index (χ1n) is 6.88. The van der Waals surface area contributed by atoms with Crippen molar-refractivity contribution in [2.45, 2.75) is 27.0 Å². The zero-order valence-electron chi connectivity index (χ0n) is 12.9.